The van der Waals surface area contributed by atoms with Crippen LogP contribution in [0.25, 0.3) is 23.0 Å². The summed E-state index contributed by atoms with van der Waals surface area (Å²) in [6, 6.07) is 16.0. The lowest BCUT2D eigenvalue weighted by atomic mass is 10.1. The molecule has 0 saturated carbocycles. The standard InChI is InChI=1S/C24H24FN3O2/c1-30-22-13-15-27(16-14-22)23(29)12-9-19-17-28(21-5-3-2-4-6-21)26-24(19)18-7-10-20(25)11-8-18/h2-12,17,22H,13-16H2,1H3/b12-9+. The van der Waals surface area contributed by atoms with Gasteiger partial charge in [0.05, 0.1) is 17.5 Å². The fraction of sp³-hybridized carbons (Fsp3) is 0.250. The highest BCUT2D eigenvalue weighted by molar-refractivity contribution is 5.93. The van der Waals surface area contributed by atoms with Crippen LogP contribution in [0.4, 0.5) is 4.39 Å². The maximum atomic E-state index is 13.4. The van der Waals surface area contributed by atoms with E-state index in [0.29, 0.717) is 18.8 Å². The van der Waals surface area contributed by atoms with Crippen molar-refractivity contribution in [2.45, 2.75) is 18.9 Å². The molecule has 3 aromatic rings. The quantitative estimate of drug-likeness (QED) is 0.594. The van der Waals surface area contributed by atoms with Gasteiger partial charge in [-0.3, -0.25) is 4.79 Å². The van der Waals surface area contributed by atoms with Crippen molar-refractivity contribution in [2.75, 3.05) is 20.2 Å². The minimum Gasteiger partial charge on any atom is -0.381 e. The summed E-state index contributed by atoms with van der Waals surface area (Å²) >= 11 is 0. The molecule has 0 aliphatic carbocycles. The van der Waals surface area contributed by atoms with Crippen LogP contribution in [-0.4, -0.2) is 46.9 Å². The third-order valence-electron chi connectivity index (χ3n) is 5.37. The lowest BCUT2D eigenvalue weighted by Crippen LogP contribution is -2.39. The molecule has 1 aromatic heterocycles. The Kier molecular flexibility index (Phi) is 6.05. The predicted molar refractivity (Wildman–Crippen MR) is 115 cm³/mol. The van der Waals surface area contributed by atoms with Gasteiger partial charge in [-0.05, 0) is 55.3 Å². The number of methoxy groups -OCH3 is 1. The molecule has 5 nitrogen and oxygen atoms in total. The van der Waals surface area contributed by atoms with Gasteiger partial charge in [0.1, 0.15) is 5.82 Å². The summed E-state index contributed by atoms with van der Waals surface area (Å²) in [6.07, 6.45) is 7.19. The van der Waals surface area contributed by atoms with E-state index in [1.807, 2.05) is 41.4 Å². The third-order valence-corrected chi connectivity index (χ3v) is 5.37. The molecule has 154 valence electrons. The van der Waals surface area contributed by atoms with Crippen LogP contribution in [0.2, 0.25) is 0 Å². The number of rotatable bonds is 5. The molecule has 0 atom stereocenters. The number of para-hydroxylation sites is 1. The number of nitrogens with zero attached hydrogens (tertiary/aromatic N) is 3. The predicted octanol–water partition coefficient (Wildman–Crippen LogP) is 4.33. The molecule has 1 saturated heterocycles. The zero-order valence-electron chi connectivity index (χ0n) is 16.9. The first-order valence-corrected chi connectivity index (χ1v) is 10.0. The second-order valence-corrected chi connectivity index (χ2v) is 7.31. The van der Waals surface area contributed by atoms with Crippen molar-refractivity contribution < 1.29 is 13.9 Å². The molecule has 0 radical (unpaired) electrons. The van der Waals surface area contributed by atoms with Crippen LogP contribution in [-0.2, 0) is 9.53 Å². The summed E-state index contributed by atoms with van der Waals surface area (Å²) in [4.78, 5) is 14.5. The maximum absolute atomic E-state index is 13.4. The number of amides is 1. The van der Waals surface area contributed by atoms with E-state index < -0.39 is 0 Å². The molecule has 6 heteroatoms. The molecule has 30 heavy (non-hydrogen) atoms. The van der Waals surface area contributed by atoms with Gasteiger partial charge in [-0.25, -0.2) is 9.07 Å². The average Bonchev–Trinajstić information content (AvgIpc) is 3.23. The zero-order chi connectivity index (χ0) is 20.9. The van der Waals surface area contributed by atoms with Crippen LogP contribution >= 0.6 is 0 Å². The molecule has 1 amide bonds. The number of aromatic nitrogens is 2. The Morgan fingerprint density at radius 3 is 2.47 bits per heavy atom. The maximum Gasteiger partial charge on any atom is 0.246 e. The topological polar surface area (TPSA) is 47.4 Å². The number of hydrogen-bond donors (Lipinski definition) is 0. The Bertz CT molecular complexity index is 1020. The van der Waals surface area contributed by atoms with Gasteiger partial charge in [0.15, 0.2) is 0 Å². The van der Waals surface area contributed by atoms with Crippen LogP contribution in [0.3, 0.4) is 0 Å². The first-order chi connectivity index (χ1) is 14.6. The Labute approximate surface area is 175 Å². The number of carbonyl (C=O) groups excluding carboxylic acids is 1. The van der Waals surface area contributed by atoms with Crippen molar-refractivity contribution in [2.24, 2.45) is 0 Å². The lowest BCUT2D eigenvalue weighted by Gasteiger charge is -2.30. The molecule has 1 aliphatic rings. The fourth-order valence-electron chi connectivity index (χ4n) is 3.63. The number of halogens is 1. The van der Waals surface area contributed by atoms with Gasteiger partial charge in [-0.2, -0.15) is 5.10 Å². The van der Waals surface area contributed by atoms with Gasteiger partial charge in [0, 0.05) is 43.6 Å². The highest BCUT2D eigenvalue weighted by Gasteiger charge is 2.21. The smallest absolute Gasteiger partial charge is 0.246 e. The number of hydrogen-bond acceptors (Lipinski definition) is 3. The van der Waals surface area contributed by atoms with Gasteiger partial charge in [-0.15, -0.1) is 0 Å². The Balaban J connectivity index is 1.61. The minimum absolute atomic E-state index is 0.0259. The molecule has 1 fully saturated rings. The monoisotopic (exact) mass is 405 g/mol. The molecule has 0 unspecified atom stereocenters. The summed E-state index contributed by atoms with van der Waals surface area (Å²) in [7, 11) is 1.71. The van der Waals surface area contributed by atoms with Crippen molar-refractivity contribution in [1.82, 2.24) is 14.7 Å². The molecule has 2 heterocycles. The summed E-state index contributed by atoms with van der Waals surface area (Å²) < 4.78 is 20.5. The zero-order valence-corrected chi connectivity index (χ0v) is 16.9. The number of benzene rings is 2. The average molecular weight is 405 g/mol. The third kappa shape index (κ3) is 4.49. The summed E-state index contributed by atoms with van der Waals surface area (Å²) in [6.45, 7) is 1.38. The molecule has 1 aliphatic heterocycles. The Morgan fingerprint density at radius 1 is 1.10 bits per heavy atom. The van der Waals surface area contributed by atoms with Gasteiger partial charge in [0.25, 0.3) is 0 Å². The molecule has 4 rings (SSSR count). The molecule has 2 aromatic carbocycles. The fourth-order valence-corrected chi connectivity index (χ4v) is 3.63. The number of carbonyl (C=O) groups is 1. The van der Waals surface area contributed by atoms with Gasteiger partial charge >= 0.3 is 0 Å². The SMILES string of the molecule is COC1CCN(C(=O)/C=C/c2cn(-c3ccccc3)nc2-c2ccc(F)cc2)CC1. The van der Waals surface area contributed by atoms with E-state index in [9.17, 15) is 9.18 Å². The summed E-state index contributed by atoms with van der Waals surface area (Å²) in [5.41, 5.74) is 3.19. The first kappa shape index (κ1) is 20.0. The van der Waals surface area contributed by atoms with Gasteiger partial charge in [-0.1, -0.05) is 18.2 Å². The van der Waals surface area contributed by atoms with E-state index in [4.69, 9.17) is 9.84 Å². The molecule has 0 bridgehead atoms. The molecule has 0 spiro atoms. The van der Waals surface area contributed by atoms with Crippen LogP contribution < -0.4 is 0 Å². The van der Waals surface area contributed by atoms with Crippen molar-refractivity contribution in [3.05, 3.63) is 78.3 Å². The van der Waals surface area contributed by atoms with E-state index in [0.717, 1.165) is 29.7 Å². The van der Waals surface area contributed by atoms with Crippen molar-refractivity contribution in [3.63, 3.8) is 0 Å². The lowest BCUT2D eigenvalue weighted by molar-refractivity contribution is -0.128. The van der Waals surface area contributed by atoms with Crippen LogP contribution in [0, 0.1) is 5.82 Å². The first-order valence-electron chi connectivity index (χ1n) is 10.0. The van der Waals surface area contributed by atoms with E-state index >= 15 is 0 Å². The molecule has 0 N–H and O–H groups in total. The molecular weight excluding hydrogens is 381 g/mol. The normalized spacial score (nSPS) is 15.1. The summed E-state index contributed by atoms with van der Waals surface area (Å²) in [5, 5.41) is 4.69. The van der Waals surface area contributed by atoms with E-state index in [1.54, 1.807) is 36.1 Å². The summed E-state index contributed by atoms with van der Waals surface area (Å²) in [5.74, 6) is -0.324. The number of piperidine rings is 1. The van der Waals surface area contributed by atoms with Crippen molar-refractivity contribution in [1.29, 1.82) is 0 Å². The van der Waals surface area contributed by atoms with Gasteiger partial charge < -0.3 is 9.64 Å². The molecular formula is C24H24FN3O2. The van der Waals surface area contributed by atoms with Gasteiger partial charge in [0.2, 0.25) is 5.91 Å². The van der Waals surface area contributed by atoms with E-state index in [-0.39, 0.29) is 17.8 Å². The largest absolute Gasteiger partial charge is 0.381 e. The van der Waals surface area contributed by atoms with E-state index in [2.05, 4.69) is 0 Å². The minimum atomic E-state index is -0.298. The number of ether oxygens (including phenoxy) is 1. The van der Waals surface area contributed by atoms with Crippen molar-refractivity contribution in [3.8, 4) is 16.9 Å². The highest BCUT2D eigenvalue weighted by atomic mass is 19.1. The Hall–Kier alpha value is -3.25. The van der Waals surface area contributed by atoms with Crippen molar-refractivity contribution >= 4 is 12.0 Å². The van der Waals surface area contributed by atoms with Crippen LogP contribution in [0.1, 0.15) is 18.4 Å². The number of likely N-dealkylation sites (tertiary alicyclic amines) is 1. The van der Waals surface area contributed by atoms with Crippen LogP contribution in [0.15, 0.2) is 66.9 Å². The second kappa shape index (κ2) is 9.05. The highest BCUT2D eigenvalue weighted by Crippen LogP contribution is 2.25. The Morgan fingerprint density at radius 2 is 1.80 bits per heavy atom. The second-order valence-electron chi connectivity index (χ2n) is 7.31. The van der Waals surface area contributed by atoms with E-state index in [1.165, 1.54) is 12.1 Å². The van der Waals surface area contributed by atoms with Crippen LogP contribution in [0.5, 0.6) is 0 Å².